The minimum atomic E-state index is -3.71. The molecule has 1 N–H and O–H groups in total. The highest BCUT2D eigenvalue weighted by molar-refractivity contribution is 7.92. The first-order valence-corrected chi connectivity index (χ1v) is 13.7. The number of aromatic nitrogens is 2. The standard InChI is InChI=1S/C28H29N5O3S.H2/c34-37(35,31-28-14-15-29-22-30-28)26-12-10-25(11-13-26)33-18-16-32(17-19-33)20-24-8-4-5-9-27(24)36-21-23-6-2-1-3-7-23;/h1-15,22H,16-21H2,(H,29,30,31);1H. The summed E-state index contributed by atoms with van der Waals surface area (Å²) in [6.45, 7) is 4.90. The Hall–Kier alpha value is -3.95. The van der Waals surface area contributed by atoms with Crippen LogP contribution >= 0.6 is 0 Å². The molecule has 0 unspecified atom stereocenters. The maximum absolute atomic E-state index is 12.7. The van der Waals surface area contributed by atoms with Crippen molar-refractivity contribution in [1.82, 2.24) is 14.9 Å². The van der Waals surface area contributed by atoms with Crippen LogP contribution in [-0.4, -0.2) is 49.5 Å². The maximum Gasteiger partial charge on any atom is 0.263 e. The molecule has 1 aromatic heterocycles. The average molecular weight is 518 g/mol. The van der Waals surface area contributed by atoms with E-state index in [2.05, 4.69) is 48.8 Å². The molecule has 0 radical (unpaired) electrons. The predicted octanol–water partition coefficient (Wildman–Crippen LogP) is 4.42. The van der Waals surface area contributed by atoms with Gasteiger partial charge in [0, 0.05) is 51.6 Å². The van der Waals surface area contributed by atoms with Crippen molar-refractivity contribution >= 4 is 21.5 Å². The highest BCUT2D eigenvalue weighted by atomic mass is 32.2. The van der Waals surface area contributed by atoms with Gasteiger partial charge in [-0.1, -0.05) is 48.5 Å². The average Bonchev–Trinajstić information content (AvgIpc) is 2.94. The molecule has 9 heteroatoms. The van der Waals surface area contributed by atoms with Gasteiger partial charge in [-0.3, -0.25) is 9.62 Å². The van der Waals surface area contributed by atoms with Gasteiger partial charge in [-0.25, -0.2) is 18.4 Å². The molecule has 2 heterocycles. The van der Waals surface area contributed by atoms with Crippen molar-refractivity contribution in [3.63, 3.8) is 0 Å². The van der Waals surface area contributed by atoms with Crippen LogP contribution in [0.4, 0.5) is 11.5 Å². The Kier molecular flexibility index (Phi) is 7.62. The molecular weight excluding hydrogens is 486 g/mol. The van der Waals surface area contributed by atoms with Gasteiger partial charge < -0.3 is 9.64 Å². The summed E-state index contributed by atoms with van der Waals surface area (Å²) >= 11 is 0. The van der Waals surface area contributed by atoms with Gasteiger partial charge in [0.15, 0.2) is 0 Å². The molecule has 0 saturated carbocycles. The third kappa shape index (κ3) is 6.44. The quantitative estimate of drug-likeness (QED) is 0.352. The first-order chi connectivity index (χ1) is 18.1. The summed E-state index contributed by atoms with van der Waals surface area (Å²) in [4.78, 5) is 12.6. The number of benzene rings is 3. The van der Waals surface area contributed by atoms with Crippen molar-refractivity contribution in [1.29, 1.82) is 0 Å². The molecule has 1 aliphatic rings. The normalized spacial score (nSPS) is 14.3. The number of rotatable bonds is 9. The Morgan fingerprint density at radius 1 is 0.865 bits per heavy atom. The van der Waals surface area contributed by atoms with E-state index in [0.29, 0.717) is 6.61 Å². The van der Waals surface area contributed by atoms with Crippen molar-refractivity contribution in [2.75, 3.05) is 35.8 Å². The first-order valence-electron chi connectivity index (χ1n) is 12.2. The zero-order chi connectivity index (χ0) is 25.5. The van der Waals surface area contributed by atoms with Crippen LogP contribution in [0.5, 0.6) is 5.75 Å². The number of ether oxygens (including phenoxy) is 1. The van der Waals surface area contributed by atoms with E-state index in [1.807, 2.05) is 42.5 Å². The molecule has 192 valence electrons. The number of anilines is 2. The molecule has 1 fully saturated rings. The summed E-state index contributed by atoms with van der Waals surface area (Å²) in [5.74, 6) is 1.16. The van der Waals surface area contributed by atoms with E-state index in [0.717, 1.165) is 49.7 Å². The van der Waals surface area contributed by atoms with Crippen molar-refractivity contribution in [2.24, 2.45) is 0 Å². The molecular formula is C28H31N5O3S. The van der Waals surface area contributed by atoms with E-state index in [1.165, 1.54) is 24.2 Å². The molecule has 8 nitrogen and oxygen atoms in total. The lowest BCUT2D eigenvalue weighted by Crippen LogP contribution is -2.46. The van der Waals surface area contributed by atoms with Crippen LogP contribution in [0.1, 0.15) is 12.6 Å². The molecule has 1 aliphatic heterocycles. The minimum Gasteiger partial charge on any atom is -0.489 e. The predicted molar refractivity (Wildman–Crippen MR) is 146 cm³/mol. The highest BCUT2D eigenvalue weighted by Crippen LogP contribution is 2.24. The Morgan fingerprint density at radius 2 is 1.59 bits per heavy atom. The molecule has 37 heavy (non-hydrogen) atoms. The summed E-state index contributed by atoms with van der Waals surface area (Å²) in [5, 5.41) is 0. The lowest BCUT2D eigenvalue weighted by atomic mass is 10.1. The molecule has 0 bridgehead atoms. The van der Waals surface area contributed by atoms with E-state index in [1.54, 1.807) is 12.1 Å². The monoisotopic (exact) mass is 517 g/mol. The first kappa shape index (κ1) is 24.7. The number of hydrogen-bond donors (Lipinski definition) is 1. The number of para-hydroxylation sites is 1. The summed E-state index contributed by atoms with van der Waals surface area (Å²) in [6.07, 6.45) is 2.79. The van der Waals surface area contributed by atoms with Crippen molar-refractivity contribution < 1.29 is 14.6 Å². The maximum atomic E-state index is 12.7. The number of nitrogens with zero attached hydrogens (tertiary/aromatic N) is 4. The molecule has 0 atom stereocenters. The second kappa shape index (κ2) is 11.4. The Labute approximate surface area is 219 Å². The van der Waals surface area contributed by atoms with Crippen LogP contribution in [-0.2, 0) is 23.2 Å². The number of nitrogens with one attached hydrogen (secondary N) is 1. The number of sulfonamides is 1. The third-order valence-electron chi connectivity index (χ3n) is 6.31. The topological polar surface area (TPSA) is 87.7 Å². The molecule has 0 amide bonds. The largest absolute Gasteiger partial charge is 0.489 e. The molecule has 1 saturated heterocycles. The van der Waals surface area contributed by atoms with Crippen LogP contribution in [0.3, 0.4) is 0 Å². The third-order valence-corrected chi connectivity index (χ3v) is 7.68. The van der Waals surface area contributed by atoms with E-state index >= 15 is 0 Å². The SMILES string of the molecule is O=S(=O)(Nc1ccncn1)c1ccc(N2CCN(Cc3ccccc3OCc3ccccc3)CC2)cc1.[HH]. The lowest BCUT2D eigenvalue weighted by Gasteiger charge is -2.36. The van der Waals surface area contributed by atoms with E-state index in [-0.39, 0.29) is 12.1 Å². The smallest absolute Gasteiger partial charge is 0.263 e. The van der Waals surface area contributed by atoms with Crippen molar-refractivity contribution in [3.05, 3.63) is 109 Å². The van der Waals surface area contributed by atoms with Gasteiger partial charge in [0.05, 0.1) is 4.90 Å². The van der Waals surface area contributed by atoms with Crippen LogP contribution < -0.4 is 14.4 Å². The lowest BCUT2D eigenvalue weighted by molar-refractivity contribution is 0.240. The van der Waals surface area contributed by atoms with Crippen LogP contribution in [0.15, 0.2) is 102 Å². The Morgan fingerprint density at radius 3 is 2.32 bits per heavy atom. The van der Waals surface area contributed by atoms with Crippen LogP contribution in [0.2, 0.25) is 0 Å². The van der Waals surface area contributed by atoms with Gasteiger partial charge in [-0.2, -0.15) is 0 Å². The van der Waals surface area contributed by atoms with Gasteiger partial charge in [-0.15, -0.1) is 0 Å². The van der Waals surface area contributed by atoms with Gasteiger partial charge in [0.2, 0.25) is 0 Å². The zero-order valence-corrected chi connectivity index (χ0v) is 21.2. The van der Waals surface area contributed by atoms with Gasteiger partial charge in [-0.05, 0) is 42.0 Å². The van der Waals surface area contributed by atoms with Gasteiger partial charge >= 0.3 is 0 Å². The van der Waals surface area contributed by atoms with E-state index in [4.69, 9.17) is 4.74 Å². The fraction of sp³-hybridized carbons (Fsp3) is 0.214. The van der Waals surface area contributed by atoms with Gasteiger partial charge in [0.25, 0.3) is 10.0 Å². The molecule has 0 spiro atoms. The summed E-state index contributed by atoms with van der Waals surface area (Å²) < 4.78 is 33.9. The summed E-state index contributed by atoms with van der Waals surface area (Å²) in [5.41, 5.74) is 3.33. The fourth-order valence-electron chi connectivity index (χ4n) is 4.30. The molecule has 0 aliphatic carbocycles. The number of hydrogen-bond acceptors (Lipinski definition) is 7. The zero-order valence-electron chi connectivity index (χ0n) is 20.4. The number of piperazine rings is 1. The minimum absolute atomic E-state index is 0. The highest BCUT2D eigenvalue weighted by Gasteiger charge is 2.20. The Balaban J connectivity index is 0.00000336. The molecule has 5 rings (SSSR count). The summed E-state index contributed by atoms with van der Waals surface area (Å²) in [6, 6.07) is 26.9. The van der Waals surface area contributed by atoms with Crippen LogP contribution in [0.25, 0.3) is 0 Å². The van der Waals surface area contributed by atoms with Gasteiger partial charge in [0.1, 0.15) is 24.5 Å². The summed E-state index contributed by atoms with van der Waals surface area (Å²) in [7, 11) is -3.71. The molecule has 3 aromatic carbocycles. The fourth-order valence-corrected chi connectivity index (χ4v) is 5.31. The van der Waals surface area contributed by atoms with Crippen molar-refractivity contribution in [2.45, 2.75) is 18.0 Å². The van der Waals surface area contributed by atoms with Crippen LogP contribution in [0, 0.1) is 0 Å². The van der Waals surface area contributed by atoms with E-state index in [9.17, 15) is 8.42 Å². The van der Waals surface area contributed by atoms with Crippen molar-refractivity contribution in [3.8, 4) is 5.75 Å². The molecule has 4 aromatic rings. The second-order valence-corrected chi connectivity index (χ2v) is 10.5. The Bertz CT molecular complexity index is 1400. The van der Waals surface area contributed by atoms with E-state index < -0.39 is 10.0 Å². The second-order valence-electron chi connectivity index (χ2n) is 8.84.